The van der Waals surface area contributed by atoms with Crippen molar-refractivity contribution in [2.24, 2.45) is 11.7 Å². The van der Waals surface area contributed by atoms with Gasteiger partial charge >= 0.3 is 0 Å². The zero-order chi connectivity index (χ0) is 14.8. The molecule has 1 saturated carbocycles. The van der Waals surface area contributed by atoms with Gasteiger partial charge in [0.05, 0.1) is 0 Å². The van der Waals surface area contributed by atoms with Crippen molar-refractivity contribution in [2.45, 2.75) is 43.2 Å². The fourth-order valence-corrected chi connectivity index (χ4v) is 4.04. The first kappa shape index (κ1) is 15.3. The third kappa shape index (κ3) is 3.16. The van der Waals surface area contributed by atoms with Gasteiger partial charge in [-0.2, -0.15) is 0 Å². The quantitative estimate of drug-likeness (QED) is 0.880. The lowest BCUT2D eigenvalue weighted by atomic mass is 9.78. The second-order valence-electron chi connectivity index (χ2n) is 5.56. The molecule has 5 nitrogen and oxygen atoms in total. The minimum absolute atomic E-state index is 0.202. The molecule has 0 bridgehead atoms. The van der Waals surface area contributed by atoms with E-state index in [4.69, 9.17) is 5.73 Å². The minimum atomic E-state index is -3.99. The molecule has 0 saturated heterocycles. The van der Waals surface area contributed by atoms with Crippen molar-refractivity contribution in [2.75, 3.05) is 6.54 Å². The molecule has 1 aromatic rings. The van der Waals surface area contributed by atoms with Crippen LogP contribution in [0.4, 0.5) is 4.39 Å². The number of halogens is 1. The Hall–Kier alpha value is -1.05. The summed E-state index contributed by atoms with van der Waals surface area (Å²) in [7, 11) is -3.99. The number of hydrogen-bond donors (Lipinski definition) is 2. The summed E-state index contributed by atoms with van der Waals surface area (Å²) in [4.78, 5) is 3.63. The number of aromatic nitrogens is 1. The van der Waals surface area contributed by atoms with Crippen LogP contribution in [0.25, 0.3) is 0 Å². The minimum Gasteiger partial charge on any atom is -0.329 e. The molecule has 1 aliphatic carbocycles. The molecule has 0 spiro atoms. The fraction of sp³-hybridized carbons (Fsp3) is 0.615. The van der Waals surface area contributed by atoms with Crippen molar-refractivity contribution >= 4 is 10.0 Å². The SMILES string of the molecule is CC1CCC(CN)(NS(=O)(=O)c2ncccc2F)CC1. The lowest BCUT2D eigenvalue weighted by molar-refractivity contribution is 0.231. The van der Waals surface area contributed by atoms with Crippen LogP contribution in [0.1, 0.15) is 32.6 Å². The van der Waals surface area contributed by atoms with Crippen LogP contribution < -0.4 is 10.5 Å². The molecular weight excluding hydrogens is 281 g/mol. The van der Waals surface area contributed by atoms with Crippen molar-refractivity contribution in [1.29, 1.82) is 0 Å². The molecule has 20 heavy (non-hydrogen) atoms. The molecule has 0 amide bonds. The molecule has 0 atom stereocenters. The highest BCUT2D eigenvalue weighted by atomic mass is 32.2. The maximum absolute atomic E-state index is 13.6. The van der Waals surface area contributed by atoms with E-state index >= 15 is 0 Å². The summed E-state index contributed by atoms with van der Waals surface area (Å²) in [5.74, 6) is -0.290. The fourth-order valence-electron chi connectivity index (χ4n) is 2.56. The number of rotatable bonds is 4. The van der Waals surface area contributed by atoms with Crippen LogP contribution >= 0.6 is 0 Å². The smallest absolute Gasteiger partial charge is 0.261 e. The molecule has 3 N–H and O–H groups in total. The van der Waals surface area contributed by atoms with Gasteiger partial charge in [0.1, 0.15) is 0 Å². The predicted octanol–water partition coefficient (Wildman–Crippen LogP) is 1.41. The van der Waals surface area contributed by atoms with Gasteiger partial charge in [0.2, 0.25) is 5.03 Å². The van der Waals surface area contributed by atoms with E-state index in [1.165, 1.54) is 12.3 Å². The zero-order valence-electron chi connectivity index (χ0n) is 11.5. The summed E-state index contributed by atoms with van der Waals surface area (Å²) in [6.45, 7) is 2.33. The zero-order valence-corrected chi connectivity index (χ0v) is 12.3. The molecule has 112 valence electrons. The summed E-state index contributed by atoms with van der Waals surface area (Å²) < 4.78 is 40.8. The van der Waals surface area contributed by atoms with Gasteiger partial charge in [0.25, 0.3) is 10.0 Å². The second kappa shape index (κ2) is 5.75. The number of nitrogens with two attached hydrogens (primary N) is 1. The van der Waals surface area contributed by atoms with Crippen molar-refractivity contribution in [1.82, 2.24) is 9.71 Å². The van der Waals surface area contributed by atoms with Gasteiger partial charge in [-0.1, -0.05) is 6.92 Å². The van der Waals surface area contributed by atoms with Gasteiger partial charge in [-0.25, -0.2) is 22.5 Å². The molecule has 2 rings (SSSR count). The van der Waals surface area contributed by atoms with E-state index in [1.807, 2.05) is 0 Å². The Morgan fingerprint density at radius 1 is 1.50 bits per heavy atom. The third-order valence-electron chi connectivity index (χ3n) is 3.95. The Balaban J connectivity index is 2.25. The topological polar surface area (TPSA) is 85.1 Å². The normalized spacial score (nSPS) is 27.4. The summed E-state index contributed by atoms with van der Waals surface area (Å²) in [5, 5.41) is -0.563. The average molecular weight is 301 g/mol. The number of sulfonamides is 1. The summed E-state index contributed by atoms with van der Waals surface area (Å²) >= 11 is 0. The maximum atomic E-state index is 13.6. The molecule has 0 radical (unpaired) electrons. The highest BCUT2D eigenvalue weighted by Crippen LogP contribution is 2.32. The second-order valence-corrected chi connectivity index (χ2v) is 7.16. The van der Waals surface area contributed by atoms with E-state index < -0.39 is 26.4 Å². The van der Waals surface area contributed by atoms with Crippen LogP contribution in [-0.4, -0.2) is 25.5 Å². The van der Waals surface area contributed by atoms with E-state index in [0.717, 1.165) is 18.9 Å². The first-order chi connectivity index (χ1) is 9.38. The highest BCUT2D eigenvalue weighted by Gasteiger charge is 2.38. The Labute approximate surface area is 118 Å². The third-order valence-corrected chi connectivity index (χ3v) is 5.46. The van der Waals surface area contributed by atoms with Crippen molar-refractivity contribution in [3.8, 4) is 0 Å². The van der Waals surface area contributed by atoms with Crippen LogP contribution in [0.3, 0.4) is 0 Å². The molecule has 0 aromatic carbocycles. The van der Waals surface area contributed by atoms with Crippen molar-refractivity contribution < 1.29 is 12.8 Å². The van der Waals surface area contributed by atoms with Gasteiger partial charge < -0.3 is 5.73 Å². The van der Waals surface area contributed by atoms with Crippen LogP contribution in [-0.2, 0) is 10.0 Å². The first-order valence-electron chi connectivity index (χ1n) is 6.73. The number of pyridine rings is 1. The van der Waals surface area contributed by atoms with Gasteiger partial charge in [-0.3, -0.25) is 0 Å². The summed E-state index contributed by atoms with van der Waals surface area (Å²) in [6, 6.07) is 2.44. The lowest BCUT2D eigenvalue weighted by Crippen LogP contribution is -2.55. The maximum Gasteiger partial charge on any atom is 0.261 e. The van der Waals surface area contributed by atoms with Gasteiger partial charge in [0.15, 0.2) is 5.82 Å². The van der Waals surface area contributed by atoms with E-state index in [1.54, 1.807) is 0 Å². The molecule has 0 unspecified atom stereocenters. The average Bonchev–Trinajstić information content (AvgIpc) is 2.42. The molecule has 1 aromatic heterocycles. The largest absolute Gasteiger partial charge is 0.329 e. The summed E-state index contributed by atoms with van der Waals surface area (Å²) in [5.41, 5.74) is 5.08. The number of nitrogens with zero attached hydrogens (tertiary/aromatic N) is 1. The lowest BCUT2D eigenvalue weighted by Gasteiger charge is -2.38. The molecular formula is C13H20FN3O2S. The summed E-state index contributed by atoms with van der Waals surface area (Å²) in [6.07, 6.45) is 4.40. The van der Waals surface area contributed by atoms with Crippen LogP contribution in [0.15, 0.2) is 23.4 Å². The van der Waals surface area contributed by atoms with Crippen LogP contribution in [0.5, 0.6) is 0 Å². The number of hydrogen-bond acceptors (Lipinski definition) is 4. The molecule has 7 heteroatoms. The molecule has 1 fully saturated rings. The standard InChI is InChI=1S/C13H20FN3O2S/c1-10-4-6-13(9-15,7-5-10)17-20(18,19)12-11(14)3-2-8-16-12/h2-3,8,10,17H,4-7,9,15H2,1H3. The Kier molecular flexibility index (Phi) is 4.41. The van der Waals surface area contributed by atoms with Crippen LogP contribution in [0.2, 0.25) is 0 Å². The monoisotopic (exact) mass is 301 g/mol. The van der Waals surface area contributed by atoms with Crippen LogP contribution in [0, 0.1) is 11.7 Å². The Bertz CT molecular complexity index is 569. The predicted molar refractivity (Wildman–Crippen MR) is 73.9 cm³/mol. The Morgan fingerprint density at radius 2 is 2.15 bits per heavy atom. The first-order valence-corrected chi connectivity index (χ1v) is 8.21. The molecule has 1 heterocycles. The van der Waals surface area contributed by atoms with Crippen molar-refractivity contribution in [3.63, 3.8) is 0 Å². The number of nitrogens with one attached hydrogen (secondary N) is 1. The van der Waals surface area contributed by atoms with E-state index in [9.17, 15) is 12.8 Å². The van der Waals surface area contributed by atoms with Gasteiger partial charge in [-0.05, 0) is 43.7 Å². The highest BCUT2D eigenvalue weighted by molar-refractivity contribution is 7.89. The van der Waals surface area contributed by atoms with E-state index in [-0.39, 0.29) is 6.54 Å². The molecule has 1 aliphatic rings. The van der Waals surface area contributed by atoms with Gasteiger partial charge in [0, 0.05) is 18.3 Å². The molecule has 0 aliphatic heterocycles. The Morgan fingerprint density at radius 3 is 2.70 bits per heavy atom. The van der Waals surface area contributed by atoms with E-state index in [0.29, 0.717) is 18.8 Å². The van der Waals surface area contributed by atoms with Gasteiger partial charge in [-0.15, -0.1) is 0 Å². The van der Waals surface area contributed by atoms with E-state index in [2.05, 4.69) is 16.6 Å². The van der Waals surface area contributed by atoms with Crippen molar-refractivity contribution in [3.05, 3.63) is 24.1 Å².